The Balaban J connectivity index is 2.09. The SMILES string of the molecule is CC(=O)c1ccc(NN=C(C(=O)N2CCN(C)CC2)C(N)=S)cc1. The number of hydrogen-bond donors (Lipinski definition) is 2. The van der Waals surface area contributed by atoms with Crippen molar-refractivity contribution in [3.8, 4) is 0 Å². The molecule has 2 rings (SSSR count). The van der Waals surface area contributed by atoms with Crippen LogP contribution in [0.1, 0.15) is 17.3 Å². The molecule has 1 heterocycles. The number of nitrogens with one attached hydrogen (secondary N) is 1. The number of Topliss-reactive ketones (excluding diaryl/α,β-unsaturated/α-hetero) is 1. The molecule has 0 spiro atoms. The summed E-state index contributed by atoms with van der Waals surface area (Å²) < 4.78 is 0. The van der Waals surface area contributed by atoms with E-state index in [0.29, 0.717) is 24.3 Å². The molecular weight excluding hydrogens is 326 g/mol. The summed E-state index contributed by atoms with van der Waals surface area (Å²) in [6.07, 6.45) is 0. The number of rotatable bonds is 5. The average molecular weight is 347 g/mol. The Bertz CT molecular complexity index is 664. The van der Waals surface area contributed by atoms with Gasteiger partial charge < -0.3 is 15.5 Å². The minimum Gasteiger partial charge on any atom is -0.388 e. The molecule has 7 nitrogen and oxygen atoms in total. The number of nitrogens with two attached hydrogens (primary N) is 1. The Morgan fingerprint density at radius 3 is 2.25 bits per heavy atom. The fourth-order valence-corrected chi connectivity index (χ4v) is 2.40. The summed E-state index contributed by atoms with van der Waals surface area (Å²) in [5.41, 5.74) is 9.71. The van der Waals surface area contributed by atoms with Crippen LogP contribution in [0.4, 0.5) is 5.69 Å². The second kappa shape index (κ2) is 7.98. The van der Waals surface area contributed by atoms with E-state index in [4.69, 9.17) is 18.0 Å². The Labute approximate surface area is 146 Å². The number of carbonyl (C=O) groups is 2. The maximum absolute atomic E-state index is 12.5. The third-order valence-electron chi connectivity index (χ3n) is 3.81. The molecule has 24 heavy (non-hydrogen) atoms. The quantitative estimate of drug-likeness (QED) is 0.353. The van der Waals surface area contributed by atoms with Crippen molar-refractivity contribution in [1.29, 1.82) is 0 Å². The van der Waals surface area contributed by atoms with Crippen molar-refractivity contribution >= 4 is 40.3 Å². The molecule has 1 fully saturated rings. The van der Waals surface area contributed by atoms with Crippen LogP contribution in [0.25, 0.3) is 0 Å². The predicted molar refractivity (Wildman–Crippen MR) is 98.4 cm³/mol. The first kappa shape index (κ1) is 18.0. The zero-order valence-electron chi connectivity index (χ0n) is 13.8. The number of likely N-dealkylation sites (N-methyl/N-ethyl adjacent to an activating group) is 1. The lowest BCUT2D eigenvalue weighted by molar-refractivity contribution is -0.125. The first-order valence-corrected chi connectivity index (χ1v) is 8.01. The van der Waals surface area contributed by atoms with Crippen LogP contribution in [0.15, 0.2) is 29.4 Å². The molecular formula is C16H21N5O2S. The van der Waals surface area contributed by atoms with Gasteiger partial charge in [-0.1, -0.05) is 12.2 Å². The van der Waals surface area contributed by atoms with Crippen LogP contribution in [0.2, 0.25) is 0 Å². The standard InChI is InChI=1S/C16H21N5O2S/c1-11(22)12-3-5-13(6-4-12)18-19-14(15(17)24)16(23)21-9-7-20(2)8-10-21/h3-6,18H,7-10H2,1-2H3,(H2,17,24). The van der Waals surface area contributed by atoms with Crippen molar-refractivity contribution in [2.24, 2.45) is 10.8 Å². The molecule has 0 saturated carbocycles. The van der Waals surface area contributed by atoms with Gasteiger partial charge in [-0.15, -0.1) is 0 Å². The first-order valence-electron chi connectivity index (χ1n) is 7.61. The first-order chi connectivity index (χ1) is 11.4. The molecule has 1 amide bonds. The van der Waals surface area contributed by atoms with Gasteiger partial charge in [-0.3, -0.25) is 15.0 Å². The molecule has 0 atom stereocenters. The normalized spacial score (nSPS) is 15.9. The van der Waals surface area contributed by atoms with Gasteiger partial charge in [-0.05, 0) is 38.2 Å². The van der Waals surface area contributed by atoms with Gasteiger partial charge in [0.15, 0.2) is 11.5 Å². The average Bonchev–Trinajstić information content (AvgIpc) is 2.55. The number of hydrogen-bond acceptors (Lipinski definition) is 6. The van der Waals surface area contributed by atoms with Gasteiger partial charge in [0.25, 0.3) is 5.91 Å². The van der Waals surface area contributed by atoms with E-state index >= 15 is 0 Å². The number of amides is 1. The van der Waals surface area contributed by atoms with E-state index in [9.17, 15) is 9.59 Å². The molecule has 8 heteroatoms. The molecule has 128 valence electrons. The highest BCUT2D eigenvalue weighted by atomic mass is 32.1. The van der Waals surface area contributed by atoms with E-state index in [0.717, 1.165) is 13.1 Å². The van der Waals surface area contributed by atoms with Crippen LogP contribution in [0.3, 0.4) is 0 Å². The van der Waals surface area contributed by atoms with E-state index in [1.54, 1.807) is 29.2 Å². The Morgan fingerprint density at radius 1 is 1.17 bits per heavy atom. The van der Waals surface area contributed by atoms with Gasteiger partial charge >= 0.3 is 0 Å². The summed E-state index contributed by atoms with van der Waals surface area (Å²) in [4.78, 5) is 27.6. The predicted octanol–water partition coefficient (Wildman–Crippen LogP) is 0.717. The van der Waals surface area contributed by atoms with Gasteiger partial charge in [0, 0.05) is 31.7 Å². The number of thiocarbonyl (C=S) groups is 1. The van der Waals surface area contributed by atoms with Crippen LogP contribution in [-0.2, 0) is 4.79 Å². The number of carbonyl (C=O) groups excluding carboxylic acids is 2. The number of hydrazone groups is 1. The minimum atomic E-state index is -0.275. The smallest absolute Gasteiger partial charge is 0.277 e. The Hall–Kier alpha value is -2.32. The molecule has 1 aromatic carbocycles. The molecule has 1 aliphatic rings. The van der Waals surface area contributed by atoms with Gasteiger partial charge in [0.2, 0.25) is 0 Å². The van der Waals surface area contributed by atoms with E-state index < -0.39 is 0 Å². The van der Waals surface area contributed by atoms with E-state index in [1.807, 2.05) is 7.05 Å². The molecule has 1 aliphatic heterocycles. The molecule has 0 radical (unpaired) electrons. The zero-order chi connectivity index (χ0) is 17.7. The fourth-order valence-electron chi connectivity index (χ4n) is 2.27. The highest BCUT2D eigenvalue weighted by molar-refractivity contribution is 7.82. The van der Waals surface area contributed by atoms with Crippen LogP contribution in [-0.4, -0.2) is 65.4 Å². The topological polar surface area (TPSA) is 91.0 Å². The number of benzene rings is 1. The van der Waals surface area contributed by atoms with E-state index in [2.05, 4.69) is 15.4 Å². The summed E-state index contributed by atoms with van der Waals surface area (Å²) in [7, 11) is 2.01. The minimum absolute atomic E-state index is 0.0147. The maximum atomic E-state index is 12.5. The lowest BCUT2D eigenvalue weighted by atomic mass is 10.1. The van der Waals surface area contributed by atoms with E-state index in [-0.39, 0.29) is 22.4 Å². The zero-order valence-corrected chi connectivity index (χ0v) is 14.6. The maximum Gasteiger partial charge on any atom is 0.277 e. The highest BCUT2D eigenvalue weighted by Crippen LogP contribution is 2.10. The summed E-state index contributed by atoms with van der Waals surface area (Å²) in [6, 6.07) is 6.78. The van der Waals surface area contributed by atoms with Gasteiger partial charge in [0.1, 0.15) is 4.99 Å². The van der Waals surface area contributed by atoms with Crippen molar-refractivity contribution in [3.63, 3.8) is 0 Å². The largest absolute Gasteiger partial charge is 0.388 e. The van der Waals surface area contributed by atoms with Crippen molar-refractivity contribution in [2.45, 2.75) is 6.92 Å². The van der Waals surface area contributed by atoms with Gasteiger partial charge in [-0.2, -0.15) is 5.10 Å². The van der Waals surface area contributed by atoms with Crippen molar-refractivity contribution in [1.82, 2.24) is 9.80 Å². The van der Waals surface area contributed by atoms with E-state index in [1.165, 1.54) is 6.92 Å². The van der Waals surface area contributed by atoms with Crippen molar-refractivity contribution in [3.05, 3.63) is 29.8 Å². The number of ketones is 1. The molecule has 0 aromatic heterocycles. The summed E-state index contributed by atoms with van der Waals surface area (Å²) in [5.74, 6) is -0.289. The van der Waals surface area contributed by atoms with Crippen LogP contribution < -0.4 is 11.2 Å². The van der Waals surface area contributed by atoms with Gasteiger partial charge in [-0.25, -0.2) is 0 Å². The van der Waals surface area contributed by atoms with Crippen LogP contribution in [0.5, 0.6) is 0 Å². The molecule has 0 bridgehead atoms. The lowest BCUT2D eigenvalue weighted by Crippen LogP contribution is -2.51. The van der Waals surface area contributed by atoms with Crippen molar-refractivity contribution in [2.75, 3.05) is 38.7 Å². The third-order valence-corrected chi connectivity index (χ3v) is 4.01. The number of anilines is 1. The molecule has 1 aromatic rings. The lowest BCUT2D eigenvalue weighted by Gasteiger charge is -2.32. The number of piperazine rings is 1. The molecule has 3 N–H and O–H groups in total. The number of nitrogens with zero attached hydrogens (tertiary/aromatic N) is 3. The van der Waals surface area contributed by atoms with Crippen molar-refractivity contribution < 1.29 is 9.59 Å². The van der Waals surface area contributed by atoms with Gasteiger partial charge in [0.05, 0.1) is 5.69 Å². The highest BCUT2D eigenvalue weighted by Gasteiger charge is 2.25. The Morgan fingerprint density at radius 2 is 1.75 bits per heavy atom. The molecule has 0 unspecified atom stereocenters. The molecule has 0 aliphatic carbocycles. The Kier molecular flexibility index (Phi) is 5.99. The van der Waals surface area contributed by atoms with Crippen LogP contribution in [0, 0.1) is 0 Å². The third kappa shape index (κ3) is 4.59. The monoisotopic (exact) mass is 347 g/mol. The van der Waals surface area contributed by atoms with Crippen LogP contribution >= 0.6 is 12.2 Å². The molecule has 1 saturated heterocycles. The second-order valence-electron chi connectivity index (χ2n) is 5.67. The summed E-state index contributed by atoms with van der Waals surface area (Å²) >= 11 is 4.96. The summed E-state index contributed by atoms with van der Waals surface area (Å²) in [6.45, 7) is 4.33. The fraction of sp³-hybridized carbons (Fsp3) is 0.375. The second-order valence-corrected chi connectivity index (χ2v) is 6.11. The summed E-state index contributed by atoms with van der Waals surface area (Å²) in [5, 5.41) is 4.07.